The highest BCUT2D eigenvalue weighted by Gasteiger charge is 2.38. The fraction of sp³-hybridized carbons (Fsp3) is 0.417. The number of amides is 1. The van der Waals surface area contributed by atoms with Crippen molar-refractivity contribution in [2.75, 3.05) is 12.4 Å². The lowest BCUT2D eigenvalue weighted by molar-refractivity contribution is -0.117. The number of carbonyl (C=O) groups is 1. The molecule has 0 spiro atoms. The summed E-state index contributed by atoms with van der Waals surface area (Å²) in [6, 6.07) is 7.38. The lowest BCUT2D eigenvalue weighted by atomic mass is 10.2. The van der Waals surface area contributed by atoms with Gasteiger partial charge in [0, 0.05) is 11.6 Å². The molecule has 2 atom stereocenters. The molecule has 1 saturated carbocycles. The summed E-state index contributed by atoms with van der Waals surface area (Å²) in [5.74, 6) is 1.69. The summed E-state index contributed by atoms with van der Waals surface area (Å²) in [5.41, 5.74) is 0.833. The zero-order valence-corrected chi connectivity index (χ0v) is 8.99. The first-order valence-corrected chi connectivity index (χ1v) is 5.15. The Hall–Kier alpha value is -1.51. The van der Waals surface area contributed by atoms with Gasteiger partial charge in [0.25, 0.3) is 0 Å². The normalized spacial score (nSPS) is 23.3. The predicted octanol–water partition coefficient (Wildman–Crippen LogP) is 2.29. The van der Waals surface area contributed by atoms with Gasteiger partial charge in [-0.15, -0.1) is 0 Å². The Kier molecular flexibility index (Phi) is 2.62. The molecule has 0 unspecified atom stereocenters. The molecule has 15 heavy (non-hydrogen) atoms. The van der Waals surface area contributed by atoms with Gasteiger partial charge in [-0.05, 0) is 36.6 Å². The first-order chi connectivity index (χ1) is 7.20. The maximum atomic E-state index is 11.6. The Morgan fingerprint density at radius 3 is 2.47 bits per heavy atom. The van der Waals surface area contributed by atoms with Crippen LogP contribution < -0.4 is 10.1 Å². The molecule has 0 saturated heterocycles. The molecule has 0 heterocycles. The quantitative estimate of drug-likeness (QED) is 0.822. The molecule has 1 N–H and O–H groups in total. The van der Waals surface area contributed by atoms with E-state index in [9.17, 15) is 4.79 Å². The topological polar surface area (TPSA) is 38.3 Å². The molecule has 1 amide bonds. The summed E-state index contributed by atoms with van der Waals surface area (Å²) < 4.78 is 5.04. The smallest absolute Gasteiger partial charge is 0.227 e. The van der Waals surface area contributed by atoms with E-state index in [0.717, 1.165) is 17.9 Å². The number of carbonyl (C=O) groups excluding carboxylic acids is 1. The van der Waals surface area contributed by atoms with Gasteiger partial charge < -0.3 is 10.1 Å². The van der Waals surface area contributed by atoms with Gasteiger partial charge in [0.15, 0.2) is 0 Å². The van der Waals surface area contributed by atoms with Gasteiger partial charge in [-0.2, -0.15) is 0 Å². The summed E-state index contributed by atoms with van der Waals surface area (Å²) in [6.07, 6.45) is 1.02. The number of nitrogens with one attached hydrogen (secondary N) is 1. The van der Waals surface area contributed by atoms with Crippen molar-refractivity contribution in [3.8, 4) is 5.75 Å². The number of benzene rings is 1. The largest absolute Gasteiger partial charge is 0.497 e. The number of methoxy groups -OCH3 is 1. The lowest BCUT2D eigenvalue weighted by Crippen LogP contribution is -2.14. The van der Waals surface area contributed by atoms with Gasteiger partial charge in [-0.1, -0.05) is 6.92 Å². The standard InChI is InChI=1S/C12H15NO2/c1-8-7-11(8)12(14)13-9-3-5-10(15-2)6-4-9/h3-6,8,11H,7H2,1-2H3,(H,13,14)/t8-,11+/m0/s1. The van der Waals surface area contributed by atoms with Crippen molar-refractivity contribution < 1.29 is 9.53 Å². The van der Waals surface area contributed by atoms with Crippen LogP contribution in [0.25, 0.3) is 0 Å². The molecule has 1 aromatic carbocycles. The molecule has 0 radical (unpaired) electrons. The molecule has 1 aliphatic rings. The minimum atomic E-state index is 0.132. The zero-order valence-electron chi connectivity index (χ0n) is 8.99. The van der Waals surface area contributed by atoms with Crippen molar-refractivity contribution in [2.45, 2.75) is 13.3 Å². The molecule has 80 valence electrons. The fourth-order valence-corrected chi connectivity index (χ4v) is 1.60. The van der Waals surface area contributed by atoms with Crippen LogP contribution in [0, 0.1) is 11.8 Å². The summed E-state index contributed by atoms with van der Waals surface area (Å²) >= 11 is 0. The zero-order chi connectivity index (χ0) is 10.8. The van der Waals surface area contributed by atoms with Crippen LogP contribution >= 0.6 is 0 Å². The van der Waals surface area contributed by atoms with Crippen molar-refractivity contribution in [1.29, 1.82) is 0 Å². The fourth-order valence-electron chi connectivity index (χ4n) is 1.60. The second-order valence-corrected chi connectivity index (χ2v) is 4.04. The maximum absolute atomic E-state index is 11.6. The van der Waals surface area contributed by atoms with E-state index in [0.29, 0.717) is 5.92 Å². The molecule has 3 nitrogen and oxygen atoms in total. The number of rotatable bonds is 3. The van der Waals surface area contributed by atoms with E-state index in [-0.39, 0.29) is 11.8 Å². The third-order valence-electron chi connectivity index (χ3n) is 2.80. The molecule has 2 rings (SSSR count). The number of hydrogen-bond acceptors (Lipinski definition) is 2. The predicted molar refractivity (Wildman–Crippen MR) is 58.9 cm³/mol. The average molecular weight is 205 g/mol. The molecule has 1 fully saturated rings. The monoisotopic (exact) mass is 205 g/mol. The molecular formula is C12H15NO2. The second-order valence-electron chi connectivity index (χ2n) is 4.04. The summed E-state index contributed by atoms with van der Waals surface area (Å²) in [6.45, 7) is 2.10. The van der Waals surface area contributed by atoms with E-state index in [4.69, 9.17) is 4.74 Å². The first kappa shape index (κ1) is 10.0. The highest BCUT2D eigenvalue weighted by molar-refractivity contribution is 5.94. The maximum Gasteiger partial charge on any atom is 0.227 e. The van der Waals surface area contributed by atoms with Crippen LogP contribution in [0.2, 0.25) is 0 Å². The summed E-state index contributed by atoms with van der Waals surface area (Å²) in [7, 11) is 1.62. The minimum absolute atomic E-state index is 0.132. The van der Waals surface area contributed by atoms with Crippen molar-refractivity contribution in [1.82, 2.24) is 0 Å². The van der Waals surface area contributed by atoms with Crippen molar-refractivity contribution in [3.63, 3.8) is 0 Å². The molecule has 3 heteroatoms. The Morgan fingerprint density at radius 1 is 1.40 bits per heavy atom. The van der Waals surface area contributed by atoms with Crippen molar-refractivity contribution >= 4 is 11.6 Å². The lowest BCUT2D eigenvalue weighted by Gasteiger charge is -2.05. The van der Waals surface area contributed by atoms with Crippen LogP contribution in [-0.4, -0.2) is 13.0 Å². The summed E-state index contributed by atoms with van der Waals surface area (Å²) in [5, 5.41) is 2.89. The van der Waals surface area contributed by atoms with E-state index < -0.39 is 0 Å². The third kappa shape index (κ3) is 2.29. The third-order valence-corrected chi connectivity index (χ3v) is 2.80. The van der Waals surface area contributed by atoms with E-state index >= 15 is 0 Å². The minimum Gasteiger partial charge on any atom is -0.497 e. The van der Waals surface area contributed by atoms with Crippen LogP contribution in [0.15, 0.2) is 24.3 Å². The Labute approximate surface area is 89.4 Å². The van der Waals surface area contributed by atoms with Gasteiger partial charge in [0.1, 0.15) is 5.75 Å². The molecule has 0 aliphatic heterocycles. The number of anilines is 1. The first-order valence-electron chi connectivity index (χ1n) is 5.15. The van der Waals surface area contributed by atoms with Crippen LogP contribution in [-0.2, 0) is 4.79 Å². The van der Waals surface area contributed by atoms with Gasteiger partial charge >= 0.3 is 0 Å². The van der Waals surface area contributed by atoms with Crippen LogP contribution in [0.5, 0.6) is 5.75 Å². The van der Waals surface area contributed by atoms with Gasteiger partial charge in [0.2, 0.25) is 5.91 Å². The number of hydrogen-bond donors (Lipinski definition) is 1. The highest BCUT2D eigenvalue weighted by Crippen LogP contribution is 2.38. The molecule has 0 aromatic heterocycles. The molecule has 0 bridgehead atoms. The van der Waals surface area contributed by atoms with Crippen LogP contribution in [0.1, 0.15) is 13.3 Å². The highest BCUT2D eigenvalue weighted by atomic mass is 16.5. The van der Waals surface area contributed by atoms with Gasteiger partial charge in [-0.3, -0.25) is 4.79 Å². The molecular weight excluding hydrogens is 190 g/mol. The van der Waals surface area contributed by atoms with Crippen LogP contribution in [0.4, 0.5) is 5.69 Å². The van der Waals surface area contributed by atoms with Crippen molar-refractivity contribution in [2.24, 2.45) is 11.8 Å². The van der Waals surface area contributed by atoms with E-state index in [2.05, 4.69) is 12.2 Å². The Bertz CT molecular complexity index is 358. The van der Waals surface area contributed by atoms with E-state index in [1.54, 1.807) is 7.11 Å². The molecule has 1 aromatic rings. The number of ether oxygens (including phenoxy) is 1. The molecule has 1 aliphatic carbocycles. The van der Waals surface area contributed by atoms with Gasteiger partial charge in [0.05, 0.1) is 7.11 Å². The van der Waals surface area contributed by atoms with E-state index in [1.807, 2.05) is 24.3 Å². The Morgan fingerprint density at radius 2 is 2.00 bits per heavy atom. The van der Waals surface area contributed by atoms with E-state index in [1.165, 1.54) is 0 Å². The van der Waals surface area contributed by atoms with Crippen molar-refractivity contribution in [3.05, 3.63) is 24.3 Å². The second kappa shape index (κ2) is 3.93. The SMILES string of the molecule is COc1ccc(NC(=O)[C@@H]2C[C@@H]2C)cc1. The van der Waals surface area contributed by atoms with Gasteiger partial charge in [-0.25, -0.2) is 0 Å². The van der Waals surface area contributed by atoms with Crippen LogP contribution in [0.3, 0.4) is 0 Å². The summed E-state index contributed by atoms with van der Waals surface area (Å²) in [4.78, 5) is 11.6. The average Bonchev–Trinajstić information content (AvgIpc) is 2.97. The Balaban J connectivity index is 1.95.